The first-order chi connectivity index (χ1) is 18.8. The predicted octanol–water partition coefficient (Wildman–Crippen LogP) is 4.84. The summed E-state index contributed by atoms with van der Waals surface area (Å²) < 4.78 is 20.6. The number of aromatic nitrogens is 2. The molecule has 8 nitrogen and oxygen atoms in total. The number of hydrogen-bond acceptors (Lipinski definition) is 6. The number of halogens is 1. The number of ether oxygens (including phenoxy) is 1. The molecule has 0 saturated carbocycles. The first kappa shape index (κ1) is 31.0. The molecule has 1 aromatic heterocycles. The van der Waals surface area contributed by atoms with Gasteiger partial charge in [0.2, 0.25) is 0 Å². The van der Waals surface area contributed by atoms with Gasteiger partial charge in [0, 0.05) is 17.8 Å². The summed E-state index contributed by atoms with van der Waals surface area (Å²) in [7, 11) is 0. The van der Waals surface area contributed by atoms with Crippen molar-refractivity contribution in [1.82, 2.24) is 15.1 Å². The molecule has 0 spiro atoms. The standard InChI is InChI=1S/C31H40FN3O5/c1-20(2)28-26(16-15-24(36)17-25(37)18-27(38)40-31(3,4)5)35(23-13-11-22(32)12-14-23)34-29(28)30(39)33-19-21-9-7-6-8-10-21/h6-14,20,24-25,36-37H,15-19H2,1-5H3,(H,33,39). The Morgan fingerprint density at radius 2 is 1.68 bits per heavy atom. The smallest absolute Gasteiger partial charge is 0.308 e. The third-order valence-electron chi connectivity index (χ3n) is 6.26. The minimum Gasteiger partial charge on any atom is -0.460 e. The Morgan fingerprint density at radius 1 is 1.02 bits per heavy atom. The van der Waals surface area contributed by atoms with Crippen molar-refractivity contribution in [2.75, 3.05) is 0 Å². The second-order valence-electron chi connectivity index (χ2n) is 11.3. The van der Waals surface area contributed by atoms with E-state index in [1.807, 2.05) is 44.2 Å². The fourth-order valence-electron chi connectivity index (χ4n) is 4.53. The summed E-state index contributed by atoms with van der Waals surface area (Å²) in [5, 5.41) is 28.6. The Bertz CT molecular complexity index is 1270. The number of nitrogens with one attached hydrogen (secondary N) is 1. The van der Waals surface area contributed by atoms with E-state index in [2.05, 4.69) is 10.4 Å². The van der Waals surface area contributed by atoms with Crippen molar-refractivity contribution < 1.29 is 28.9 Å². The fraction of sp³-hybridized carbons (Fsp3) is 0.452. The predicted molar refractivity (Wildman–Crippen MR) is 151 cm³/mol. The van der Waals surface area contributed by atoms with Crippen LogP contribution in [0.5, 0.6) is 0 Å². The van der Waals surface area contributed by atoms with E-state index in [9.17, 15) is 24.2 Å². The number of amides is 1. The molecule has 0 aliphatic carbocycles. The van der Waals surface area contributed by atoms with Crippen LogP contribution in [0.4, 0.5) is 4.39 Å². The van der Waals surface area contributed by atoms with Crippen LogP contribution in [0.1, 0.15) is 87.1 Å². The molecular formula is C31H40FN3O5. The highest BCUT2D eigenvalue weighted by Gasteiger charge is 2.27. The molecule has 1 amide bonds. The molecule has 3 aromatic rings. The van der Waals surface area contributed by atoms with Gasteiger partial charge in [0.1, 0.15) is 11.4 Å². The molecule has 0 fully saturated rings. The highest BCUT2D eigenvalue weighted by Crippen LogP contribution is 2.28. The number of aliphatic hydroxyl groups excluding tert-OH is 2. The second-order valence-corrected chi connectivity index (χ2v) is 11.3. The first-order valence-electron chi connectivity index (χ1n) is 13.6. The summed E-state index contributed by atoms with van der Waals surface area (Å²) in [6, 6.07) is 15.4. The minimum absolute atomic E-state index is 0.00857. The molecule has 3 rings (SSSR count). The molecule has 2 aromatic carbocycles. The van der Waals surface area contributed by atoms with E-state index in [-0.39, 0.29) is 36.8 Å². The molecule has 2 unspecified atom stereocenters. The zero-order valence-electron chi connectivity index (χ0n) is 23.9. The summed E-state index contributed by atoms with van der Waals surface area (Å²) >= 11 is 0. The van der Waals surface area contributed by atoms with E-state index >= 15 is 0 Å². The Kier molecular flexibility index (Phi) is 10.6. The molecule has 9 heteroatoms. The van der Waals surface area contributed by atoms with Crippen LogP contribution >= 0.6 is 0 Å². The van der Waals surface area contributed by atoms with Gasteiger partial charge in [-0.3, -0.25) is 9.59 Å². The maximum atomic E-state index is 13.7. The number of esters is 1. The van der Waals surface area contributed by atoms with Crippen LogP contribution in [0.3, 0.4) is 0 Å². The van der Waals surface area contributed by atoms with Gasteiger partial charge in [-0.15, -0.1) is 0 Å². The van der Waals surface area contributed by atoms with E-state index in [1.54, 1.807) is 37.6 Å². The van der Waals surface area contributed by atoms with Crippen LogP contribution in [-0.4, -0.2) is 49.7 Å². The molecule has 3 N–H and O–H groups in total. The highest BCUT2D eigenvalue weighted by atomic mass is 19.1. The number of carbonyl (C=O) groups excluding carboxylic acids is 2. The van der Waals surface area contributed by atoms with Crippen LogP contribution < -0.4 is 5.32 Å². The zero-order valence-corrected chi connectivity index (χ0v) is 23.9. The molecule has 216 valence electrons. The summed E-state index contributed by atoms with van der Waals surface area (Å²) in [5.74, 6) is -1.33. The van der Waals surface area contributed by atoms with Crippen molar-refractivity contribution in [1.29, 1.82) is 0 Å². The molecule has 0 aliphatic rings. The Morgan fingerprint density at radius 3 is 2.27 bits per heavy atom. The lowest BCUT2D eigenvalue weighted by molar-refractivity contribution is -0.157. The molecule has 0 saturated heterocycles. The van der Waals surface area contributed by atoms with Gasteiger partial charge in [0.15, 0.2) is 5.69 Å². The van der Waals surface area contributed by atoms with E-state index in [0.717, 1.165) is 11.1 Å². The number of aliphatic hydroxyl groups is 2. The average Bonchev–Trinajstić information content (AvgIpc) is 3.25. The lowest BCUT2D eigenvalue weighted by atomic mass is 9.95. The van der Waals surface area contributed by atoms with Crippen molar-refractivity contribution in [3.8, 4) is 5.69 Å². The molecule has 1 heterocycles. The van der Waals surface area contributed by atoms with Crippen molar-refractivity contribution in [3.63, 3.8) is 0 Å². The van der Waals surface area contributed by atoms with Gasteiger partial charge in [-0.2, -0.15) is 5.10 Å². The Hall–Kier alpha value is -3.56. The average molecular weight is 554 g/mol. The summed E-state index contributed by atoms with van der Waals surface area (Å²) in [6.45, 7) is 9.51. The van der Waals surface area contributed by atoms with Crippen LogP contribution in [-0.2, 0) is 22.5 Å². The SMILES string of the molecule is CC(C)c1c(C(=O)NCc2ccccc2)nn(-c2ccc(F)cc2)c1CCC(O)CC(O)CC(=O)OC(C)(C)C. The first-order valence-corrected chi connectivity index (χ1v) is 13.6. The molecule has 40 heavy (non-hydrogen) atoms. The molecule has 0 radical (unpaired) electrons. The maximum Gasteiger partial charge on any atom is 0.308 e. The van der Waals surface area contributed by atoms with Crippen LogP contribution in [0.2, 0.25) is 0 Å². The van der Waals surface area contributed by atoms with E-state index in [4.69, 9.17) is 4.74 Å². The quantitative estimate of drug-likeness (QED) is 0.277. The van der Waals surface area contributed by atoms with E-state index < -0.39 is 29.6 Å². The third-order valence-corrected chi connectivity index (χ3v) is 6.26. The van der Waals surface area contributed by atoms with Gasteiger partial charge in [-0.05, 0) is 75.8 Å². The van der Waals surface area contributed by atoms with Crippen LogP contribution in [0.15, 0.2) is 54.6 Å². The molecular weight excluding hydrogens is 513 g/mol. The summed E-state index contributed by atoms with van der Waals surface area (Å²) in [5.41, 5.74) is 2.59. The largest absolute Gasteiger partial charge is 0.460 e. The van der Waals surface area contributed by atoms with Crippen molar-refractivity contribution in [2.24, 2.45) is 0 Å². The number of nitrogens with zero attached hydrogens (tertiary/aromatic N) is 2. The molecule has 0 bridgehead atoms. The number of carbonyl (C=O) groups is 2. The topological polar surface area (TPSA) is 114 Å². The number of rotatable bonds is 12. The lowest BCUT2D eigenvalue weighted by Crippen LogP contribution is -2.28. The van der Waals surface area contributed by atoms with Gasteiger partial charge in [-0.25, -0.2) is 9.07 Å². The lowest BCUT2D eigenvalue weighted by Gasteiger charge is -2.21. The maximum absolute atomic E-state index is 13.7. The fourth-order valence-corrected chi connectivity index (χ4v) is 4.53. The Balaban J connectivity index is 1.82. The van der Waals surface area contributed by atoms with Gasteiger partial charge in [-0.1, -0.05) is 44.2 Å². The van der Waals surface area contributed by atoms with Gasteiger partial charge >= 0.3 is 5.97 Å². The highest BCUT2D eigenvalue weighted by molar-refractivity contribution is 5.94. The summed E-state index contributed by atoms with van der Waals surface area (Å²) in [6.07, 6.45) is -1.61. The third kappa shape index (κ3) is 8.99. The number of hydrogen-bond donors (Lipinski definition) is 3. The Labute approximate surface area is 235 Å². The van der Waals surface area contributed by atoms with Crippen LogP contribution in [0, 0.1) is 5.82 Å². The molecule has 2 atom stereocenters. The summed E-state index contributed by atoms with van der Waals surface area (Å²) in [4.78, 5) is 25.4. The van der Waals surface area contributed by atoms with Crippen LogP contribution in [0.25, 0.3) is 5.69 Å². The number of benzene rings is 2. The van der Waals surface area contributed by atoms with Crippen molar-refractivity contribution in [2.45, 2.75) is 90.6 Å². The van der Waals surface area contributed by atoms with Crippen molar-refractivity contribution in [3.05, 3.63) is 82.9 Å². The van der Waals surface area contributed by atoms with E-state index in [1.165, 1.54) is 12.1 Å². The second kappa shape index (κ2) is 13.7. The van der Waals surface area contributed by atoms with Gasteiger partial charge in [0.05, 0.1) is 24.3 Å². The molecule has 0 aliphatic heterocycles. The minimum atomic E-state index is -1.06. The van der Waals surface area contributed by atoms with Crippen molar-refractivity contribution >= 4 is 11.9 Å². The van der Waals surface area contributed by atoms with Gasteiger partial charge < -0.3 is 20.3 Å². The van der Waals surface area contributed by atoms with E-state index in [0.29, 0.717) is 24.3 Å². The van der Waals surface area contributed by atoms with Gasteiger partial charge in [0.25, 0.3) is 5.91 Å². The monoisotopic (exact) mass is 553 g/mol. The normalized spacial score (nSPS) is 13.2. The zero-order chi connectivity index (χ0) is 29.4.